The van der Waals surface area contributed by atoms with Gasteiger partial charge in [0.05, 0.1) is 6.61 Å². The Bertz CT molecular complexity index is 829. The molecule has 2 aliphatic heterocycles. The number of carbonyl (C=O) groups is 1. The first kappa shape index (κ1) is 17.0. The first-order valence-electron chi connectivity index (χ1n) is 9.12. The van der Waals surface area contributed by atoms with Crippen LogP contribution in [0.25, 0.3) is 0 Å². The van der Waals surface area contributed by atoms with Crippen LogP contribution >= 0.6 is 0 Å². The van der Waals surface area contributed by atoms with Crippen LogP contribution in [0.2, 0.25) is 0 Å². The fraction of sp³-hybridized carbons (Fsp3) is 0.381. The van der Waals surface area contributed by atoms with E-state index in [0.29, 0.717) is 18.7 Å². The Labute approximate surface area is 153 Å². The Kier molecular flexibility index (Phi) is 4.64. The lowest BCUT2D eigenvalue weighted by molar-refractivity contribution is 0.0627. The van der Waals surface area contributed by atoms with Crippen molar-refractivity contribution in [1.29, 1.82) is 0 Å². The van der Waals surface area contributed by atoms with Crippen molar-refractivity contribution < 1.29 is 13.9 Å². The van der Waals surface area contributed by atoms with Gasteiger partial charge in [-0.05, 0) is 41.8 Å². The van der Waals surface area contributed by atoms with Crippen LogP contribution in [0.1, 0.15) is 27.0 Å². The molecule has 0 aromatic heterocycles. The summed E-state index contributed by atoms with van der Waals surface area (Å²) < 4.78 is 19.0. The van der Waals surface area contributed by atoms with Crippen molar-refractivity contribution in [3.63, 3.8) is 0 Å². The van der Waals surface area contributed by atoms with Crippen LogP contribution in [0.3, 0.4) is 0 Å². The number of fused-ring (bicyclic) bond motifs is 1. The largest absolute Gasteiger partial charge is 0.493 e. The summed E-state index contributed by atoms with van der Waals surface area (Å²) in [6.45, 7) is 6.50. The number of amides is 1. The summed E-state index contributed by atoms with van der Waals surface area (Å²) in [5.74, 6) is 0.573. The molecule has 0 atom stereocenters. The van der Waals surface area contributed by atoms with Crippen molar-refractivity contribution >= 4 is 5.91 Å². The monoisotopic (exact) mass is 354 g/mol. The standard InChI is InChI=1S/C21H23FN2O2/c1-15-2-4-18(22)13-19(15)21(25)24-9-7-23(8-10-24)14-16-3-5-20-17(12-16)6-11-26-20/h2-5,12-13H,6-11,14H2,1H3. The van der Waals surface area contributed by atoms with E-state index < -0.39 is 0 Å². The van der Waals surface area contributed by atoms with E-state index in [1.807, 2.05) is 11.8 Å². The highest BCUT2D eigenvalue weighted by molar-refractivity contribution is 5.95. The molecule has 2 aromatic rings. The zero-order valence-corrected chi connectivity index (χ0v) is 15.0. The normalized spacial score (nSPS) is 17.1. The van der Waals surface area contributed by atoms with Crippen LogP contribution in [-0.4, -0.2) is 48.5 Å². The lowest BCUT2D eigenvalue weighted by atomic mass is 10.1. The number of halogens is 1. The maximum Gasteiger partial charge on any atom is 0.254 e. The minimum Gasteiger partial charge on any atom is -0.493 e. The molecule has 5 heteroatoms. The van der Waals surface area contributed by atoms with Gasteiger partial charge in [-0.25, -0.2) is 4.39 Å². The molecule has 1 saturated heterocycles. The number of piperazine rings is 1. The summed E-state index contributed by atoms with van der Waals surface area (Å²) in [6, 6.07) is 10.8. The lowest BCUT2D eigenvalue weighted by Gasteiger charge is -2.35. The van der Waals surface area contributed by atoms with Crippen LogP contribution in [0.5, 0.6) is 5.75 Å². The van der Waals surface area contributed by atoms with Gasteiger partial charge in [-0.3, -0.25) is 9.69 Å². The second kappa shape index (κ2) is 7.08. The molecule has 2 aliphatic rings. The topological polar surface area (TPSA) is 32.8 Å². The van der Waals surface area contributed by atoms with Crippen molar-refractivity contribution in [2.75, 3.05) is 32.8 Å². The molecule has 0 aliphatic carbocycles. The van der Waals surface area contributed by atoms with Crippen molar-refractivity contribution in [2.24, 2.45) is 0 Å². The van der Waals surface area contributed by atoms with E-state index in [-0.39, 0.29) is 11.7 Å². The summed E-state index contributed by atoms with van der Waals surface area (Å²) in [5, 5.41) is 0. The third-order valence-electron chi connectivity index (χ3n) is 5.25. The number of hydrogen-bond acceptors (Lipinski definition) is 3. The molecule has 26 heavy (non-hydrogen) atoms. The molecule has 4 rings (SSSR count). The highest BCUT2D eigenvalue weighted by Crippen LogP contribution is 2.26. The average molecular weight is 354 g/mol. The summed E-state index contributed by atoms with van der Waals surface area (Å²) in [6.07, 6.45) is 0.985. The maximum absolute atomic E-state index is 13.5. The van der Waals surface area contributed by atoms with Crippen LogP contribution in [0, 0.1) is 12.7 Å². The Balaban J connectivity index is 1.36. The van der Waals surface area contributed by atoms with E-state index >= 15 is 0 Å². The Morgan fingerprint density at radius 3 is 2.73 bits per heavy atom. The molecule has 0 bridgehead atoms. The van der Waals surface area contributed by atoms with Gasteiger partial charge in [0.25, 0.3) is 5.91 Å². The summed E-state index contributed by atoms with van der Waals surface area (Å²) in [5.41, 5.74) is 3.86. The number of aryl methyl sites for hydroxylation is 1. The van der Waals surface area contributed by atoms with Crippen LogP contribution in [0.4, 0.5) is 4.39 Å². The highest BCUT2D eigenvalue weighted by Gasteiger charge is 2.24. The van der Waals surface area contributed by atoms with Gasteiger partial charge >= 0.3 is 0 Å². The smallest absolute Gasteiger partial charge is 0.254 e. The first-order chi connectivity index (χ1) is 12.6. The number of benzene rings is 2. The van der Waals surface area contributed by atoms with Gasteiger partial charge in [0.2, 0.25) is 0 Å². The van der Waals surface area contributed by atoms with E-state index in [1.54, 1.807) is 6.07 Å². The molecule has 136 valence electrons. The second-order valence-corrected chi connectivity index (χ2v) is 7.07. The van der Waals surface area contributed by atoms with E-state index in [9.17, 15) is 9.18 Å². The van der Waals surface area contributed by atoms with E-state index in [4.69, 9.17) is 4.74 Å². The van der Waals surface area contributed by atoms with Gasteiger partial charge in [-0.15, -0.1) is 0 Å². The Morgan fingerprint density at radius 2 is 1.92 bits per heavy atom. The third-order valence-corrected chi connectivity index (χ3v) is 5.25. The number of carbonyl (C=O) groups excluding carboxylic acids is 1. The molecule has 0 N–H and O–H groups in total. The number of hydrogen-bond donors (Lipinski definition) is 0. The molecule has 0 spiro atoms. The molecular formula is C21H23FN2O2. The fourth-order valence-electron chi connectivity index (χ4n) is 3.70. The van der Waals surface area contributed by atoms with Gasteiger partial charge in [0.1, 0.15) is 11.6 Å². The van der Waals surface area contributed by atoms with E-state index in [1.165, 1.54) is 23.3 Å². The summed E-state index contributed by atoms with van der Waals surface area (Å²) >= 11 is 0. The molecule has 0 unspecified atom stereocenters. The van der Waals surface area contributed by atoms with Crippen LogP contribution < -0.4 is 4.74 Å². The average Bonchev–Trinajstić information content (AvgIpc) is 3.11. The van der Waals surface area contributed by atoms with Crippen LogP contribution in [-0.2, 0) is 13.0 Å². The van der Waals surface area contributed by atoms with Crippen molar-refractivity contribution in [3.8, 4) is 5.75 Å². The third kappa shape index (κ3) is 3.44. The van der Waals surface area contributed by atoms with Crippen molar-refractivity contribution in [1.82, 2.24) is 9.80 Å². The predicted molar refractivity (Wildman–Crippen MR) is 98.0 cm³/mol. The minimum atomic E-state index is -0.363. The minimum absolute atomic E-state index is 0.0728. The molecule has 1 amide bonds. The van der Waals surface area contributed by atoms with Crippen molar-refractivity contribution in [2.45, 2.75) is 19.9 Å². The second-order valence-electron chi connectivity index (χ2n) is 7.07. The molecule has 1 fully saturated rings. The van der Waals surface area contributed by atoms with Gasteiger partial charge < -0.3 is 9.64 Å². The van der Waals surface area contributed by atoms with Crippen molar-refractivity contribution in [3.05, 3.63) is 64.5 Å². The SMILES string of the molecule is Cc1ccc(F)cc1C(=O)N1CCN(Cc2ccc3c(c2)CCO3)CC1. The molecule has 4 nitrogen and oxygen atoms in total. The zero-order chi connectivity index (χ0) is 18.1. The molecule has 0 saturated carbocycles. The summed E-state index contributed by atoms with van der Waals surface area (Å²) in [7, 11) is 0. The zero-order valence-electron chi connectivity index (χ0n) is 15.0. The lowest BCUT2D eigenvalue weighted by Crippen LogP contribution is -2.48. The number of nitrogens with zero attached hydrogens (tertiary/aromatic N) is 2. The van der Waals surface area contributed by atoms with Gasteiger partial charge in [-0.1, -0.05) is 18.2 Å². The van der Waals surface area contributed by atoms with E-state index in [2.05, 4.69) is 23.1 Å². The number of ether oxygens (including phenoxy) is 1. The number of rotatable bonds is 3. The van der Waals surface area contributed by atoms with Gasteiger partial charge in [-0.2, -0.15) is 0 Å². The molecule has 2 aromatic carbocycles. The quantitative estimate of drug-likeness (QED) is 0.849. The molecular weight excluding hydrogens is 331 g/mol. The highest BCUT2D eigenvalue weighted by atomic mass is 19.1. The predicted octanol–water partition coefficient (Wildman–Crippen LogP) is 3.03. The van der Waals surface area contributed by atoms with E-state index in [0.717, 1.165) is 44.0 Å². The molecule has 0 radical (unpaired) electrons. The maximum atomic E-state index is 13.5. The summed E-state index contributed by atoms with van der Waals surface area (Å²) in [4.78, 5) is 16.9. The molecule has 2 heterocycles. The Morgan fingerprint density at radius 1 is 1.12 bits per heavy atom. The Hall–Kier alpha value is -2.40. The first-order valence-corrected chi connectivity index (χ1v) is 9.12. The fourth-order valence-corrected chi connectivity index (χ4v) is 3.70. The van der Waals surface area contributed by atoms with Crippen LogP contribution in [0.15, 0.2) is 36.4 Å². The van der Waals surface area contributed by atoms with Gasteiger partial charge in [0, 0.05) is 44.7 Å². The van der Waals surface area contributed by atoms with Gasteiger partial charge in [0.15, 0.2) is 0 Å².